The summed E-state index contributed by atoms with van der Waals surface area (Å²) in [4.78, 5) is 11.8. The third kappa shape index (κ3) is 4.03. The number of nitrogens with zero attached hydrogens (tertiary/aromatic N) is 1. The summed E-state index contributed by atoms with van der Waals surface area (Å²) in [6.07, 6.45) is 3.00. The van der Waals surface area contributed by atoms with E-state index in [-0.39, 0.29) is 0 Å². The first-order valence-electron chi connectivity index (χ1n) is 4.27. The normalized spacial score (nSPS) is 10.3. The number of rotatable bonds is 3. The number of hydrogen-bond donors (Lipinski definition) is 1. The number of hydrazone groups is 1. The molecule has 0 aromatic heterocycles. The third-order valence-corrected chi connectivity index (χ3v) is 2.41. The second kappa shape index (κ2) is 6.08. The van der Waals surface area contributed by atoms with E-state index in [0.29, 0.717) is 0 Å². The van der Waals surface area contributed by atoms with Gasteiger partial charge in [0.1, 0.15) is 0 Å². The molecule has 1 amide bonds. The molecule has 80 valence electrons. The molecule has 0 atom stereocenters. The van der Waals surface area contributed by atoms with Gasteiger partial charge in [-0.05, 0) is 24.0 Å². The van der Waals surface area contributed by atoms with Crippen molar-refractivity contribution < 1.29 is 9.53 Å². The van der Waals surface area contributed by atoms with Crippen LogP contribution in [0.15, 0.2) is 34.3 Å². The van der Waals surface area contributed by atoms with E-state index in [9.17, 15) is 4.79 Å². The van der Waals surface area contributed by atoms with Crippen LogP contribution in [0.25, 0.3) is 0 Å². The van der Waals surface area contributed by atoms with E-state index in [0.717, 1.165) is 5.56 Å². The summed E-state index contributed by atoms with van der Waals surface area (Å²) in [6.45, 7) is 0. The molecule has 4 nitrogen and oxygen atoms in total. The Morgan fingerprint density at radius 3 is 2.67 bits per heavy atom. The molecule has 1 N–H and O–H groups in total. The number of nitrogens with one attached hydrogen (secondary N) is 1. The fourth-order valence-electron chi connectivity index (χ4n) is 0.895. The lowest BCUT2D eigenvalue weighted by Crippen LogP contribution is -2.16. The minimum Gasteiger partial charge on any atom is -0.452 e. The lowest BCUT2D eigenvalue weighted by Gasteiger charge is -1.97. The Balaban J connectivity index is 2.53. The van der Waals surface area contributed by atoms with Gasteiger partial charge in [0, 0.05) is 4.90 Å². The molecule has 0 aliphatic rings. The van der Waals surface area contributed by atoms with Gasteiger partial charge in [0.25, 0.3) is 0 Å². The summed E-state index contributed by atoms with van der Waals surface area (Å²) >= 11 is 1.68. The topological polar surface area (TPSA) is 50.7 Å². The van der Waals surface area contributed by atoms with Crippen molar-refractivity contribution in [2.24, 2.45) is 5.10 Å². The van der Waals surface area contributed by atoms with Crippen LogP contribution in [-0.2, 0) is 4.74 Å². The molecule has 0 saturated carbocycles. The van der Waals surface area contributed by atoms with Crippen molar-refractivity contribution in [1.82, 2.24) is 5.43 Å². The molecule has 15 heavy (non-hydrogen) atoms. The van der Waals surface area contributed by atoms with Crippen LogP contribution in [0.5, 0.6) is 0 Å². The lowest BCUT2D eigenvalue weighted by atomic mass is 10.2. The van der Waals surface area contributed by atoms with Gasteiger partial charge in [-0.3, -0.25) is 0 Å². The van der Waals surface area contributed by atoms with Gasteiger partial charge in [-0.1, -0.05) is 12.1 Å². The van der Waals surface area contributed by atoms with Crippen molar-refractivity contribution in [3.05, 3.63) is 29.8 Å². The van der Waals surface area contributed by atoms with Crippen LogP contribution in [0.3, 0.4) is 0 Å². The monoisotopic (exact) mass is 224 g/mol. The molecule has 0 bridgehead atoms. The first-order valence-corrected chi connectivity index (χ1v) is 5.50. The molecule has 0 fully saturated rings. The van der Waals surface area contributed by atoms with Gasteiger partial charge in [0.2, 0.25) is 0 Å². The van der Waals surface area contributed by atoms with Crippen LogP contribution in [-0.4, -0.2) is 25.7 Å². The highest BCUT2D eigenvalue weighted by Gasteiger charge is 1.93. The number of thioether (sulfide) groups is 1. The van der Waals surface area contributed by atoms with Crippen LogP contribution in [0.4, 0.5) is 4.79 Å². The van der Waals surface area contributed by atoms with Crippen molar-refractivity contribution >= 4 is 24.1 Å². The standard InChI is InChI=1S/C10H12N2O2S/c1-14-10(13)12-11-7-8-3-5-9(15-2)6-4-8/h3-7H,1-2H3,(H,12,13). The van der Waals surface area contributed by atoms with Gasteiger partial charge < -0.3 is 4.74 Å². The zero-order chi connectivity index (χ0) is 11.1. The summed E-state index contributed by atoms with van der Waals surface area (Å²) < 4.78 is 4.36. The van der Waals surface area contributed by atoms with E-state index < -0.39 is 6.09 Å². The highest BCUT2D eigenvalue weighted by Crippen LogP contribution is 2.13. The Kier molecular flexibility index (Phi) is 4.70. The van der Waals surface area contributed by atoms with Crippen molar-refractivity contribution in [3.63, 3.8) is 0 Å². The van der Waals surface area contributed by atoms with Crippen LogP contribution in [0, 0.1) is 0 Å². The highest BCUT2D eigenvalue weighted by atomic mass is 32.2. The molecule has 1 rings (SSSR count). The van der Waals surface area contributed by atoms with Crippen LogP contribution < -0.4 is 5.43 Å². The molecule has 1 aromatic rings. The summed E-state index contributed by atoms with van der Waals surface area (Å²) in [5, 5.41) is 3.71. The van der Waals surface area contributed by atoms with E-state index in [2.05, 4.69) is 15.3 Å². The summed E-state index contributed by atoms with van der Waals surface area (Å²) in [5.41, 5.74) is 3.13. The third-order valence-electron chi connectivity index (χ3n) is 1.67. The van der Waals surface area contributed by atoms with Crippen molar-refractivity contribution in [1.29, 1.82) is 0 Å². The Labute approximate surface area is 92.7 Å². The molecule has 5 heteroatoms. The SMILES string of the molecule is COC(=O)NN=Cc1ccc(SC)cc1. The molecular formula is C10H12N2O2S. The van der Waals surface area contributed by atoms with E-state index in [1.54, 1.807) is 18.0 Å². The van der Waals surface area contributed by atoms with E-state index in [1.807, 2.05) is 30.5 Å². The van der Waals surface area contributed by atoms with Gasteiger partial charge in [-0.25, -0.2) is 10.2 Å². The maximum absolute atomic E-state index is 10.7. The van der Waals surface area contributed by atoms with Crippen molar-refractivity contribution in [2.75, 3.05) is 13.4 Å². The van der Waals surface area contributed by atoms with Gasteiger partial charge >= 0.3 is 6.09 Å². The summed E-state index contributed by atoms with van der Waals surface area (Å²) in [6, 6.07) is 7.83. The predicted octanol–water partition coefficient (Wildman–Crippen LogP) is 2.10. The van der Waals surface area contributed by atoms with Gasteiger partial charge in [0.05, 0.1) is 13.3 Å². The fourth-order valence-corrected chi connectivity index (χ4v) is 1.30. The minimum absolute atomic E-state index is 0.577. The molecule has 0 unspecified atom stereocenters. The minimum atomic E-state index is -0.577. The summed E-state index contributed by atoms with van der Waals surface area (Å²) in [5.74, 6) is 0. The smallest absolute Gasteiger partial charge is 0.427 e. The predicted molar refractivity (Wildman–Crippen MR) is 61.4 cm³/mol. The molecule has 0 spiro atoms. The fraction of sp³-hybridized carbons (Fsp3) is 0.200. The number of amides is 1. The molecular weight excluding hydrogens is 212 g/mol. The molecule has 0 radical (unpaired) electrons. The number of carbonyl (C=O) groups excluding carboxylic acids is 1. The number of hydrogen-bond acceptors (Lipinski definition) is 4. The van der Waals surface area contributed by atoms with E-state index >= 15 is 0 Å². The quantitative estimate of drug-likeness (QED) is 0.486. The average molecular weight is 224 g/mol. The largest absolute Gasteiger partial charge is 0.452 e. The second-order valence-electron chi connectivity index (χ2n) is 2.63. The van der Waals surface area contributed by atoms with Gasteiger partial charge in [-0.2, -0.15) is 5.10 Å². The molecule has 0 saturated heterocycles. The highest BCUT2D eigenvalue weighted by molar-refractivity contribution is 7.98. The Morgan fingerprint density at radius 1 is 1.47 bits per heavy atom. The number of carbonyl (C=O) groups is 1. The van der Waals surface area contributed by atoms with Crippen molar-refractivity contribution in [3.8, 4) is 0 Å². The zero-order valence-corrected chi connectivity index (χ0v) is 9.38. The Bertz CT molecular complexity index is 349. The van der Waals surface area contributed by atoms with Crippen LogP contribution >= 0.6 is 11.8 Å². The Morgan fingerprint density at radius 2 is 2.13 bits per heavy atom. The van der Waals surface area contributed by atoms with Crippen LogP contribution in [0.1, 0.15) is 5.56 Å². The number of ether oxygens (including phenoxy) is 1. The van der Waals surface area contributed by atoms with Crippen molar-refractivity contribution in [2.45, 2.75) is 4.90 Å². The number of methoxy groups -OCH3 is 1. The van der Waals surface area contributed by atoms with E-state index in [1.165, 1.54) is 12.0 Å². The number of benzene rings is 1. The van der Waals surface area contributed by atoms with Gasteiger partial charge in [-0.15, -0.1) is 11.8 Å². The molecule has 0 heterocycles. The lowest BCUT2D eigenvalue weighted by molar-refractivity contribution is 0.171. The molecule has 0 aliphatic carbocycles. The second-order valence-corrected chi connectivity index (χ2v) is 3.51. The van der Waals surface area contributed by atoms with E-state index in [4.69, 9.17) is 0 Å². The van der Waals surface area contributed by atoms with Gasteiger partial charge in [0.15, 0.2) is 0 Å². The first kappa shape index (κ1) is 11.6. The first-order chi connectivity index (χ1) is 7.26. The summed E-state index contributed by atoms with van der Waals surface area (Å²) in [7, 11) is 1.29. The average Bonchev–Trinajstić information content (AvgIpc) is 2.29. The Hall–Kier alpha value is -1.49. The molecule has 0 aliphatic heterocycles. The molecule has 1 aromatic carbocycles. The zero-order valence-electron chi connectivity index (χ0n) is 8.56. The maximum Gasteiger partial charge on any atom is 0.427 e. The van der Waals surface area contributed by atoms with Crippen LogP contribution in [0.2, 0.25) is 0 Å². The maximum atomic E-state index is 10.7.